The van der Waals surface area contributed by atoms with Crippen LogP contribution in [-0.4, -0.2) is 28.4 Å². The topological polar surface area (TPSA) is 99.4 Å². The number of amides is 1. The molecule has 3 rings (SSSR count). The Morgan fingerprint density at radius 1 is 1.23 bits per heavy atom. The molecule has 0 radical (unpaired) electrons. The Bertz CT molecular complexity index is 915. The Morgan fingerprint density at radius 2 is 2.04 bits per heavy atom. The number of benzene rings is 1. The molecule has 0 aliphatic heterocycles. The summed E-state index contributed by atoms with van der Waals surface area (Å²) in [7, 11) is 1.52. The SMILES string of the molecule is COc1cc(C(=O)Nc2nnc(C)s2)ccc1OCc1c(C)noc1C. The maximum absolute atomic E-state index is 12.3. The first-order valence-corrected chi connectivity index (χ1v) is 8.63. The van der Waals surface area contributed by atoms with Crippen molar-refractivity contribution in [2.45, 2.75) is 27.4 Å². The van der Waals surface area contributed by atoms with Crippen molar-refractivity contribution in [2.24, 2.45) is 0 Å². The van der Waals surface area contributed by atoms with Gasteiger partial charge in [0, 0.05) is 5.56 Å². The zero-order valence-electron chi connectivity index (χ0n) is 14.8. The van der Waals surface area contributed by atoms with Gasteiger partial charge in [0.25, 0.3) is 5.91 Å². The number of nitrogens with one attached hydrogen (secondary N) is 1. The highest BCUT2D eigenvalue weighted by atomic mass is 32.1. The molecule has 2 aromatic heterocycles. The number of methoxy groups -OCH3 is 1. The minimum absolute atomic E-state index is 0.295. The molecule has 0 aliphatic rings. The highest BCUT2D eigenvalue weighted by Crippen LogP contribution is 2.30. The van der Waals surface area contributed by atoms with Crippen LogP contribution in [0.5, 0.6) is 11.5 Å². The third kappa shape index (κ3) is 3.83. The lowest BCUT2D eigenvalue weighted by Gasteiger charge is -2.12. The Labute approximate surface area is 154 Å². The number of hydrogen-bond acceptors (Lipinski definition) is 8. The van der Waals surface area contributed by atoms with Crippen LogP contribution in [0.4, 0.5) is 5.13 Å². The van der Waals surface area contributed by atoms with Crippen molar-refractivity contribution in [3.63, 3.8) is 0 Å². The highest BCUT2D eigenvalue weighted by molar-refractivity contribution is 7.15. The lowest BCUT2D eigenvalue weighted by molar-refractivity contribution is 0.102. The number of hydrogen-bond donors (Lipinski definition) is 1. The molecule has 26 heavy (non-hydrogen) atoms. The predicted octanol–water partition coefficient (Wildman–Crippen LogP) is 3.29. The molecule has 1 amide bonds. The van der Waals surface area contributed by atoms with Crippen LogP contribution >= 0.6 is 11.3 Å². The molecule has 136 valence electrons. The van der Waals surface area contributed by atoms with E-state index in [9.17, 15) is 4.79 Å². The van der Waals surface area contributed by atoms with E-state index in [0.29, 0.717) is 34.6 Å². The van der Waals surface area contributed by atoms with Crippen LogP contribution in [0.1, 0.15) is 32.4 Å². The number of aryl methyl sites for hydroxylation is 3. The Hall–Kier alpha value is -2.94. The number of carbonyl (C=O) groups excluding carboxylic acids is 1. The lowest BCUT2D eigenvalue weighted by Crippen LogP contribution is -2.12. The normalized spacial score (nSPS) is 10.6. The van der Waals surface area contributed by atoms with Gasteiger partial charge < -0.3 is 14.0 Å². The zero-order valence-corrected chi connectivity index (χ0v) is 15.6. The summed E-state index contributed by atoms with van der Waals surface area (Å²) in [5, 5.41) is 15.6. The lowest BCUT2D eigenvalue weighted by atomic mass is 10.2. The minimum Gasteiger partial charge on any atom is -0.493 e. The zero-order chi connectivity index (χ0) is 18.7. The first-order valence-electron chi connectivity index (χ1n) is 7.82. The van der Waals surface area contributed by atoms with Crippen molar-refractivity contribution < 1.29 is 18.8 Å². The van der Waals surface area contributed by atoms with Crippen LogP contribution in [0.3, 0.4) is 0 Å². The number of ether oxygens (including phenoxy) is 2. The fraction of sp³-hybridized carbons (Fsp3) is 0.294. The van der Waals surface area contributed by atoms with Crippen molar-refractivity contribution in [1.82, 2.24) is 15.4 Å². The second-order valence-corrected chi connectivity index (χ2v) is 6.72. The minimum atomic E-state index is -0.295. The van der Waals surface area contributed by atoms with Gasteiger partial charge in [-0.25, -0.2) is 0 Å². The third-order valence-corrected chi connectivity index (χ3v) is 4.48. The summed E-state index contributed by atoms with van der Waals surface area (Å²) in [5.41, 5.74) is 2.10. The summed E-state index contributed by atoms with van der Waals surface area (Å²) < 4.78 is 16.3. The molecule has 3 aromatic rings. The quantitative estimate of drug-likeness (QED) is 0.707. The number of aromatic nitrogens is 3. The average Bonchev–Trinajstić information content (AvgIpc) is 3.18. The maximum atomic E-state index is 12.3. The molecule has 0 fully saturated rings. The largest absolute Gasteiger partial charge is 0.493 e. The van der Waals surface area contributed by atoms with Crippen LogP contribution in [0.25, 0.3) is 0 Å². The number of anilines is 1. The van der Waals surface area contributed by atoms with E-state index in [1.54, 1.807) is 18.2 Å². The first kappa shape index (κ1) is 17.9. The molecule has 2 heterocycles. The van der Waals surface area contributed by atoms with Crippen LogP contribution in [0, 0.1) is 20.8 Å². The standard InChI is InChI=1S/C17H18N4O4S/c1-9-13(10(2)25-21-9)8-24-14-6-5-12(7-15(14)23-4)16(22)18-17-20-19-11(3)26-17/h5-7H,8H2,1-4H3,(H,18,20,22). The third-order valence-electron chi connectivity index (χ3n) is 3.73. The highest BCUT2D eigenvalue weighted by Gasteiger charge is 2.15. The van der Waals surface area contributed by atoms with Gasteiger partial charge in [-0.2, -0.15) is 0 Å². The molecule has 1 aromatic carbocycles. The monoisotopic (exact) mass is 374 g/mol. The second kappa shape index (κ2) is 7.52. The van der Waals surface area contributed by atoms with E-state index in [1.807, 2.05) is 20.8 Å². The van der Waals surface area contributed by atoms with Crippen LogP contribution < -0.4 is 14.8 Å². The van der Waals surface area contributed by atoms with E-state index in [0.717, 1.165) is 16.3 Å². The molecule has 0 atom stereocenters. The van der Waals surface area contributed by atoms with Gasteiger partial charge in [-0.3, -0.25) is 10.1 Å². The molecular formula is C17H18N4O4S. The summed E-state index contributed by atoms with van der Waals surface area (Å²) >= 11 is 1.31. The number of rotatable bonds is 6. The second-order valence-electron chi connectivity index (χ2n) is 5.54. The molecule has 9 heteroatoms. The van der Waals surface area contributed by atoms with E-state index >= 15 is 0 Å². The van der Waals surface area contributed by atoms with Gasteiger partial charge in [-0.15, -0.1) is 10.2 Å². The van der Waals surface area contributed by atoms with Crippen molar-refractivity contribution in [2.75, 3.05) is 12.4 Å². The van der Waals surface area contributed by atoms with E-state index < -0.39 is 0 Å². The average molecular weight is 374 g/mol. The van der Waals surface area contributed by atoms with Gasteiger partial charge >= 0.3 is 0 Å². The molecule has 8 nitrogen and oxygen atoms in total. The maximum Gasteiger partial charge on any atom is 0.257 e. The molecule has 0 bridgehead atoms. The molecule has 0 unspecified atom stereocenters. The molecule has 0 saturated carbocycles. The molecule has 0 aliphatic carbocycles. The molecular weight excluding hydrogens is 356 g/mol. The van der Waals surface area contributed by atoms with Crippen molar-refractivity contribution in [3.05, 3.63) is 45.8 Å². The van der Waals surface area contributed by atoms with E-state index in [1.165, 1.54) is 18.4 Å². The molecule has 0 saturated heterocycles. The summed E-state index contributed by atoms with van der Waals surface area (Å²) in [6.45, 7) is 5.81. The summed E-state index contributed by atoms with van der Waals surface area (Å²) in [5.74, 6) is 1.40. The van der Waals surface area contributed by atoms with Crippen molar-refractivity contribution >= 4 is 22.4 Å². The first-order chi connectivity index (χ1) is 12.5. The van der Waals surface area contributed by atoms with Crippen LogP contribution in [0.2, 0.25) is 0 Å². The van der Waals surface area contributed by atoms with Crippen LogP contribution in [-0.2, 0) is 6.61 Å². The summed E-state index contributed by atoms with van der Waals surface area (Å²) in [6.07, 6.45) is 0. The van der Waals surface area contributed by atoms with Gasteiger partial charge in [-0.05, 0) is 39.0 Å². The Morgan fingerprint density at radius 3 is 2.65 bits per heavy atom. The number of nitrogens with zero attached hydrogens (tertiary/aromatic N) is 3. The smallest absolute Gasteiger partial charge is 0.257 e. The van der Waals surface area contributed by atoms with Crippen molar-refractivity contribution in [3.8, 4) is 11.5 Å². The van der Waals surface area contributed by atoms with E-state index in [2.05, 4.69) is 20.7 Å². The Balaban J connectivity index is 1.73. The predicted molar refractivity (Wildman–Crippen MR) is 95.9 cm³/mol. The van der Waals surface area contributed by atoms with Gasteiger partial charge in [0.2, 0.25) is 5.13 Å². The fourth-order valence-electron chi connectivity index (χ4n) is 2.30. The molecule has 0 spiro atoms. The van der Waals surface area contributed by atoms with Gasteiger partial charge in [-0.1, -0.05) is 16.5 Å². The molecule has 1 N–H and O–H groups in total. The van der Waals surface area contributed by atoms with Gasteiger partial charge in [0.15, 0.2) is 11.5 Å². The summed E-state index contributed by atoms with van der Waals surface area (Å²) in [4.78, 5) is 12.3. The van der Waals surface area contributed by atoms with Crippen molar-refractivity contribution in [1.29, 1.82) is 0 Å². The van der Waals surface area contributed by atoms with E-state index in [-0.39, 0.29) is 5.91 Å². The van der Waals surface area contributed by atoms with Crippen LogP contribution in [0.15, 0.2) is 22.7 Å². The van der Waals surface area contributed by atoms with Gasteiger partial charge in [0.05, 0.1) is 18.4 Å². The van der Waals surface area contributed by atoms with E-state index in [4.69, 9.17) is 14.0 Å². The fourth-order valence-corrected chi connectivity index (χ4v) is 2.89. The Kier molecular flexibility index (Phi) is 5.17. The van der Waals surface area contributed by atoms with Gasteiger partial charge in [0.1, 0.15) is 17.4 Å². The number of carbonyl (C=O) groups is 1. The summed E-state index contributed by atoms with van der Waals surface area (Å²) in [6, 6.07) is 4.97.